The summed E-state index contributed by atoms with van der Waals surface area (Å²) in [5.41, 5.74) is 0.147. The zero-order chi connectivity index (χ0) is 15.9. The first-order valence-corrected chi connectivity index (χ1v) is 9.25. The predicted octanol–water partition coefficient (Wildman–Crippen LogP) is 0.438. The molecule has 0 amide bonds. The maximum absolute atomic E-state index is 12.6. The average molecular weight is 347 g/mol. The van der Waals surface area contributed by atoms with E-state index in [2.05, 4.69) is 5.10 Å². The number of halogens is 1. The van der Waals surface area contributed by atoms with E-state index in [1.807, 2.05) is 4.90 Å². The molecule has 0 radical (unpaired) electrons. The zero-order valence-electron chi connectivity index (χ0n) is 12.4. The highest BCUT2D eigenvalue weighted by atomic mass is 35.5. The van der Waals surface area contributed by atoms with E-state index in [1.165, 1.54) is 17.9 Å². The fourth-order valence-electron chi connectivity index (χ4n) is 3.07. The molecule has 9 heteroatoms. The van der Waals surface area contributed by atoms with E-state index >= 15 is 0 Å². The minimum atomic E-state index is -3.27. The average Bonchev–Trinajstić information content (AvgIpc) is 3.16. The van der Waals surface area contributed by atoms with Gasteiger partial charge in [0.15, 0.2) is 0 Å². The van der Waals surface area contributed by atoms with Crippen LogP contribution in [0, 0.1) is 0 Å². The van der Waals surface area contributed by atoms with Gasteiger partial charge in [-0.25, -0.2) is 17.4 Å². The van der Waals surface area contributed by atoms with Gasteiger partial charge in [-0.3, -0.25) is 4.79 Å². The van der Waals surface area contributed by atoms with Crippen LogP contribution in [0.15, 0.2) is 11.0 Å². The van der Waals surface area contributed by atoms with Crippen LogP contribution in [0.2, 0.25) is 5.02 Å². The highest BCUT2D eigenvalue weighted by Crippen LogP contribution is 2.29. The fraction of sp³-hybridized carbons (Fsp3) is 0.692. The van der Waals surface area contributed by atoms with Crippen molar-refractivity contribution < 1.29 is 8.42 Å². The van der Waals surface area contributed by atoms with Crippen molar-refractivity contribution in [3.05, 3.63) is 21.6 Å². The summed E-state index contributed by atoms with van der Waals surface area (Å²) >= 11 is 6.09. The number of hydrogen-bond acceptors (Lipinski definition) is 5. The van der Waals surface area contributed by atoms with E-state index in [1.54, 1.807) is 4.31 Å². The molecule has 7 nitrogen and oxygen atoms in total. The third-order valence-electron chi connectivity index (χ3n) is 4.39. The van der Waals surface area contributed by atoms with Gasteiger partial charge in [0.2, 0.25) is 10.0 Å². The number of nitrogens with zero attached hydrogens (tertiary/aromatic N) is 4. The van der Waals surface area contributed by atoms with Gasteiger partial charge in [-0.15, -0.1) is 0 Å². The van der Waals surface area contributed by atoms with Crippen molar-refractivity contribution in [1.29, 1.82) is 0 Å². The van der Waals surface area contributed by atoms with Gasteiger partial charge in [-0.05, 0) is 19.3 Å². The second-order valence-electron chi connectivity index (χ2n) is 5.78. The molecule has 0 bridgehead atoms. The van der Waals surface area contributed by atoms with Crippen LogP contribution in [0.4, 0.5) is 5.69 Å². The maximum Gasteiger partial charge on any atom is 0.287 e. The van der Waals surface area contributed by atoms with Crippen LogP contribution in [0.5, 0.6) is 0 Å². The number of rotatable bonds is 3. The number of aryl methyl sites for hydroxylation is 1. The number of aromatic nitrogens is 2. The number of anilines is 1. The first-order valence-electron chi connectivity index (χ1n) is 7.37. The lowest BCUT2D eigenvalue weighted by atomic mass is 10.4. The van der Waals surface area contributed by atoms with Crippen LogP contribution in [-0.4, -0.2) is 53.9 Å². The molecule has 2 fully saturated rings. The van der Waals surface area contributed by atoms with Crippen LogP contribution in [-0.2, 0) is 17.1 Å². The van der Waals surface area contributed by atoms with Crippen molar-refractivity contribution >= 4 is 27.3 Å². The molecule has 122 valence electrons. The normalized spacial score (nSPS) is 23.4. The van der Waals surface area contributed by atoms with Gasteiger partial charge >= 0.3 is 0 Å². The first kappa shape index (κ1) is 15.8. The first-order chi connectivity index (χ1) is 10.4. The molecule has 2 aliphatic rings. The molecule has 0 spiro atoms. The van der Waals surface area contributed by atoms with Crippen molar-refractivity contribution in [3.8, 4) is 0 Å². The Morgan fingerprint density at radius 3 is 2.64 bits per heavy atom. The van der Waals surface area contributed by atoms with E-state index < -0.39 is 15.3 Å². The van der Waals surface area contributed by atoms with Gasteiger partial charge in [0.05, 0.1) is 17.1 Å². The predicted molar refractivity (Wildman–Crippen MR) is 84.8 cm³/mol. The van der Waals surface area contributed by atoms with Crippen molar-refractivity contribution in [2.24, 2.45) is 7.05 Å². The van der Waals surface area contributed by atoms with E-state index in [0.29, 0.717) is 38.3 Å². The quantitative estimate of drug-likeness (QED) is 0.793. The molecule has 1 atom stereocenters. The van der Waals surface area contributed by atoms with E-state index in [4.69, 9.17) is 11.6 Å². The Bertz CT molecular complexity index is 727. The highest BCUT2D eigenvalue weighted by Gasteiger charge is 2.38. The lowest BCUT2D eigenvalue weighted by Crippen LogP contribution is -2.38. The van der Waals surface area contributed by atoms with Gasteiger partial charge in [0, 0.05) is 33.2 Å². The third-order valence-corrected chi connectivity index (χ3v) is 7.06. The summed E-state index contributed by atoms with van der Waals surface area (Å²) in [4.78, 5) is 13.7. The molecule has 3 heterocycles. The Morgan fingerprint density at radius 1 is 1.27 bits per heavy atom. The van der Waals surface area contributed by atoms with Gasteiger partial charge in [0.25, 0.3) is 5.56 Å². The van der Waals surface area contributed by atoms with Gasteiger partial charge in [-0.1, -0.05) is 11.6 Å². The fourth-order valence-corrected chi connectivity index (χ4v) is 5.32. The zero-order valence-corrected chi connectivity index (χ0v) is 14.0. The van der Waals surface area contributed by atoms with Gasteiger partial charge in [-0.2, -0.15) is 5.10 Å². The molecule has 22 heavy (non-hydrogen) atoms. The van der Waals surface area contributed by atoms with Gasteiger partial charge in [0.1, 0.15) is 5.02 Å². The van der Waals surface area contributed by atoms with E-state index in [9.17, 15) is 13.2 Å². The Balaban J connectivity index is 1.81. The summed E-state index contributed by atoms with van der Waals surface area (Å²) in [6.07, 6.45) is 3.93. The van der Waals surface area contributed by atoms with Crippen LogP contribution in [0.3, 0.4) is 0 Å². The van der Waals surface area contributed by atoms with E-state index in [0.717, 1.165) is 12.8 Å². The Hall–Kier alpha value is -1.12. The topological polar surface area (TPSA) is 75.5 Å². The maximum atomic E-state index is 12.6. The summed E-state index contributed by atoms with van der Waals surface area (Å²) in [7, 11) is -1.74. The van der Waals surface area contributed by atoms with Crippen LogP contribution >= 0.6 is 11.6 Å². The Labute approximate surface area is 134 Å². The minimum Gasteiger partial charge on any atom is -0.367 e. The molecule has 0 aromatic carbocycles. The van der Waals surface area contributed by atoms with Crippen molar-refractivity contribution in [2.75, 3.05) is 31.1 Å². The molecule has 2 saturated heterocycles. The Morgan fingerprint density at radius 2 is 1.95 bits per heavy atom. The molecule has 0 aliphatic carbocycles. The lowest BCUT2D eigenvalue weighted by molar-refractivity contribution is 0.467. The van der Waals surface area contributed by atoms with Crippen molar-refractivity contribution in [1.82, 2.24) is 14.1 Å². The molecule has 0 unspecified atom stereocenters. The van der Waals surface area contributed by atoms with Crippen molar-refractivity contribution in [2.45, 2.75) is 24.5 Å². The number of sulfonamides is 1. The summed E-state index contributed by atoms with van der Waals surface area (Å²) in [6.45, 7) is 2.15. The minimum absolute atomic E-state index is 0.0942. The molecule has 2 aliphatic heterocycles. The molecule has 0 N–H and O–H groups in total. The van der Waals surface area contributed by atoms with Crippen LogP contribution in [0.25, 0.3) is 0 Å². The summed E-state index contributed by atoms with van der Waals surface area (Å²) in [5, 5.41) is 3.62. The largest absolute Gasteiger partial charge is 0.367 e. The monoisotopic (exact) mass is 346 g/mol. The number of hydrogen-bond donors (Lipinski definition) is 0. The van der Waals surface area contributed by atoms with Crippen LogP contribution in [0.1, 0.15) is 19.3 Å². The third kappa shape index (κ3) is 2.63. The molecular formula is C13H19ClN4O3S. The summed E-state index contributed by atoms with van der Waals surface area (Å²) < 4.78 is 28.0. The molecule has 1 aromatic rings. The highest BCUT2D eigenvalue weighted by molar-refractivity contribution is 7.89. The Kier molecular flexibility index (Phi) is 4.17. The standard InChI is InChI=1S/C13H19ClN4O3S/c1-16-13(19)12(14)11(8-15-16)17-7-4-10(9-17)22(20,21)18-5-2-3-6-18/h8,10H,2-7,9H2,1H3/t10-/m1/s1. The molecule has 0 saturated carbocycles. The molecule has 3 rings (SSSR count). The summed E-state index contributed by atoms with van der Waals surface area (Å²) in [5.74, 6) is 0. The summed E-state index contributed by atoms with van der Waals surface area (Å²) in [6, 6.07) is 0. The molecular weight excluding hydrogens is 328 g/mol. The molecule has 1 aromatic heterocycles. The van der Waals surface area contributed by atoms with Gasteiger partial charge < -0.3 is 4.90 Å². The van der Waals surface area contributed by atoms with Crippen molar-refractivity contribution in [3.63, 3.8) is 0 Å². The second-order valence-corrected chi connectivity index (χ2v) is 8.37. The lowest BCUT2D eigenvalue weighted by Gasteiger charge is -2.22. The smallest absolute Gasteiger partial charge is 0.287 e. The SMILES string of the molecule is Cn1ncc(N2CC[C@@H](S(=O)(=O)N3CCCC3)C2)c(Cl)c1=O. The van der Waals surface area contributed by atoms with E-state index in [-0.39, 0.29) is 10.6 Å². The van der Waals surface area contributed by atoms with Crippen LogP contribution < -0.4 is 10.5 Å². The second kappa shape index (κ2) is 5.82.